The molecule has 1 aromatic carbocycles. The highest BCUT2D eigenvalue weighted by Crippen LogP contribution is 2.30. The van der Waals surface area contributed by atoms with Crippen molar-refractivity contribution in [3.63, 3.8) is 0 Å². The lowest BCUT2D eigenvalue weighted by Crippen LogP contribution is -2.17. The second kappa shape index (κ2) is 4.44. The lowest BCUT2D eigenvalue weighted by atomic mass is 10.1. The molecule has 1 atom stereocenters. The van der Waals surface area contributed by atoms with E-state index in [0.29, 0.717) is 0 Å². The van der Waals surface area contributed by atoms with E-state index in [-0.39, 0.29) is 0 Å². The average molecular weight is 262 g/mol. The molecule has 0 radical (unpaired) electrons. The molecule has 0 aliphatic rings. The summed E-state index contributed by atoms with van der Waals surface area (Å²) in [4.78, 5) is 0. The predicted octanol–water partition coefficient (Wildman–Crippen LogP) is 3.18. The van der Waals surface area contributed by atoms with Crippen LogP contribution >= 0.6 is 0 Å². The number of rotatable bonds is 2. The molecule has 90 valence electrons. The fraction of sp³-hybridized carbons (Fsp3) is 0.250. The van der Waals surface area contributed by atoms with E-state index in [4.69, 9.17) is 0 Å². The third-order valence-corrected chi connectivity index (χ3v) is 3.17. The van der Waals surface area contributed by atoms with Crippen LogP contribution in [0, 0.1) is 29.1 Å². The zero-order valence-corrected chi connectivity index (χ0v) is 8.96. The molecule has 1 rings (SSSR count). The van der Waals surface area contributed by atoms with Crippen molar-refractivity contribution in [1.29, 1.82) is 0 Å². The SMILES string of the molecule is CC(c1c(F)c(F)c(F)c(F)c1F)[SiH](F)F. The Balaban J connectivity index is 3.51. The molecule has 1 unspecified atom stereocenters. The summed E-state index contributed by atoms with van der Waals surface area (Å²) in [7, 11) is -4.54. The molecule has 0 aromatic heterocycles. The van der Waals surface area contributed by atoms with Gasteiger partial charge in [0, 0.05) is 11.1 Å². The zero-order valence-electron chi connectivity index (χ0n) is 7.80. The summed E-state index contributed by atoms with van der Waals surface area (Å²) in [5, 5.41) is 0. The second-order valence-electron chi connectivity index (χ2n) is 3.11. The fourth-order valence-electron chi connectivity index (χ4n) is 1.15. The molecule has 8 heteroatoms. The quantitative estimate of drug-likeness (QED) is 0.252. The summed E-state index contributed by atoms with van der Waals surface area (Å²) < 4.78 is 88.4. The molecule has 16 heavy (non-hydrogen) atoms. The lowest BCUT2D eigenvalue weighted by Gasteiger charge is -2.13. The highest BCUT2D eigenvalue weighted by Gasteiger charge is 2.33. The standard InChI is InChI=1S/C8H5F7Si/c1-2(16(14)15)3-4(9)6(11)8(13)7(12)5(3)10/h2,16H,1H3. The minimum atomic E-state index is -4.54. The van der Waals surface area contributed by atoms with E-state index < -0.39 is 49.7 Å². The van der Waals surface area contributed by atoms with Gasteiger partial charge in [-0.2, -0.15) is 0 Å². The van der Waals surface area contributed by atoms with Crippen LogP contribution in [0.4, 0.5) is 30.2 Å². The van der Waals surface area contributed by atoms with Gasteiger partial charge >= 0.3 is 9.46 Å². The van der Waals surface area contributed by atoms with E-state index >= 15 is 0 Å². The number of benzene rings is 1. The van der Waals surface area contributed by atoms with Gasteiger partial charge in [0.05, 0.1) is 0 Å². The molecule has 0 amide bonds. The van der Waals surface area contributed by atoms with Crippen LogP contribution < -0.4 is 0 Å². The van der Waals surface area contributed by atoms with Crippen molar-refractivity contribution in [1.82, 2.24) is 0 Å². The van der Waals surface area contributed by atoms with Crippen LogP contribution in [0.5, 0.6) is 0 Å². The monoisotopic (exact) mass is 262 g/mol. The molecule has 0 spiro atoms. The lowest BCUT2D eigenvalue weighted by molar-refractivity contribution is 0.368. The number of hydrogen-bond donors (Lipinski definition) is 0. The molecule has 0 saturated carbocycles. The highest BCUT2D eigenvalue weighted by atomic mass is 28.4. The van der Waals surface area contributed by atoms with Gasteiger partial charge in [-0.1, -0.05) is 6.92 Å². The van der Waals surface area contributed by atoms with Crippen molar-refractivity contribution in [2.45, 2.75) is 12.5 Å². The molecule has 0 heterocycles. The Labute approximate surface area is 87.6 Å². The third kappa shape index (κ3) is 1.93. The Morgan fingerprint density at radius 1 is 0.750 bits per heavy atom. The summed E-state index contributed by atoms with van der Waals surface area (Å²) in [6.07, 6.45) is 0. The van der Waals surface area contributed by atoms with Gasteiger partial charge < -0.3 is 0 Å². The maximum absolute atomic E-state index is 13.0. The van der Waals surface area contributed by atoms with E-state index in [1.807, 2.05) is 0 Å². The van der Waals surface area contributed by atoms with Crippen LogP contribution in [0.1, 0.15) is 18.0 Å². The largest absolute Gasteiger partial charge is 0.418 e. The normalized spacial score (nSPS) is 13.3. The maximum Gasteiger partial charge on any atom is 0.418 e. The highest BCUT2D eigenvalue weighted by molar-refractivity contribution is 6.44. The molecule has 0 nitrogen and oxygen atoms in total. The van der Waals surface area contributed by atoms with Crippen LogP contribution in [0.3, 0.4) is 0 Å². The van der Waals surface area contributed by atoms with Crippen LogP contribution in [0.25, 0.3) is 0 Å². The first-order chi connectivity index (χ1) is 7.29. The fourth-order valence-corrected chi connectivity index (χ4v) is 1.69. The van der Waals surface area contributed by atoms with Gasteiger partial charge in [0.25, 0.3) is 0 Å². The summed E-state index contributed by atoms with van der Waals surface area (Å²) in [6.45, 7) is 0.731. The van der Waals surface area contributed by atoms with E-state index in [0.717, 1.165) is 6.92 Å². The van der Waals surface area contributed by atoms with Crippen molar-refractivity contribution in [3.8, 4) is 0 Å². The smallest absolute Gasteiger partial charge is 0.274 e. The zero-order chi connectivity index (χ0) is 12.6. The van der Waals surface area contributed by atoms with Crippen molar-refractivity contribution < 1.29 is 30.2 Å². The molecule has 0 bridgehead atoms. The topological polar surface area (TPSA) is 0 Å². The maximum atomic E-state index is 13.0. The van der Waals surface area contributed by atoms with Gasteiger partial charge in [-0.3, -0.25) is 8.22 Å². The van der Waals surface area contributed by atoms with Crippen LogP contribution in [0.15, 0.2) is 0 Å². The van der Waals surface area contributed by atoms with Crippen LogP contribution in [-0.2, 0) is 0 Å². The van der Waals surface area contributed by atoms with Gasteiger partial charge in [0.1, 0.15) is 0 Å². The van der Waals surface area contributed by atoms with Gasteiger partial charge in [-0.15, -0.1) is 0 Å². The molecular formula is C8H5F7Si. The van der Waals surface area contributed by atoms with E-state index in [2.05, 4.69) is 0 Å². The summed E-state index contributed by atoms with van der Waals surface area (Å²) in [6, 6.07) is 0. The molecule has 0 N–H and O–H groups in total. The Hall–Kier alpha value is -1.05. The Morgan fingerprint density at radius 3 is 1.38 bits per heavy atom. The molecule has 1 aromatic rings. The predicted molar refractivity (Wildman–Crippen MR) is 44.0 cm³/mol. The van der Waals surface area contributed by atoms with Crippen LogP contribution in [-0.4, -0.2) is 9.46 Å². The Morgan fingerprint density at radius 2 is 1.06 bits per heavy atom. The molecule has 0 fully saturated rings. The third-order valence-electron chi connectivity index (χ3n) is 2.08. The summed E-state index contributed by atoms with van der Waals surface area (Å²) in [5.74, 6) is -11.1. The Kier molecular flexibility index (Phi) is 3.61. The number of hydrogen-bond acceptors (Lipinski definition) is 0. The first kappa shape index (κ1) is 13.0. The first-order valence-corrected chi connectivity index (χ1v) is 5.62. The second-order valence-corrected chi connectivity index (χ2v) is 4.78. The molecule has 0 saturated heterocycles. The number of halogens is 7. The summed E-state index contributed by atoms with van der Waals surface area (Å²) >= 11 is 0. The van der Waals surface area contributed by atoms with Crippen molar-refractivity contribution >= 4 is 9.46 Å². The van der Waals surface area contributed by atoms with Crippen LogP contribution in [0.2, 0.25) is 0 Å². The molecule has 0 aliphatic heterocycles. The molecular weight excluding hydrogens is 257 g/mol. The van der Waals surface area contributed by atoms with Crippen molar-refractivity contribution in [2.24, 2.45) is 0 Å². The van der Waals surface area contributed by atoms with Gasteiger partial charge in [-0.05, 0) is 0 Å². The first-order valence-electron chi connectivity index (χ1n) is 4.08. The van der Waals surface area contributed by atoms with Gasteiger partial charge in [0.2, 0.25) is 5.82 Å². The van der Waals surface area contributed by atoms with Gasteiger partial charge in [-0.25, -0.2) is 22.0 Å². The van der Waals surface area contributed by atoms with E-state index in [1.54, 1.807) is 0 Å². The van der Waals surface area contributed by atoms with Crippen molar-refractivity contribution in [3.05, 3.63) is 34.6 Å². The molecule has 0 aliphatic carbocycles. The Bertz CT molecular complexity index is 388. The van der Waals surface area contributed by atoms with E-state index in [1.165, 1.54) is 0 Å². The van der Waals surface area contributed by atoms with Crippen molar-refractivity contribution in [2.75, 3.05) is 0 Å². The van der Waals surface area contributed by atoms with Gasteiger partial charge in [0.15, 0.2) is 23.3 Å². The minimum absolute atomic E-state index is 0.731. The van der Waals surface area contributed by atoms with E-state index in [9.17, 15) is 30.2 Å². The minimum Gasteiger partial charge on any atom is -0.274 e. The average Bonchev–Trinajstić information content (AvgIpc) is 2.23. The summed E-state index contributed by atoms with van der Waals surface area (Å²) in [5.41, 5.74) is -3.37.